The number of urea groups is 1. The molecule has 1 aromatic rings. The van der Waals surface area contributed by atoms with Gasteiger partial charge in [-0.05, 0) is 12.0 Å². The highest BCUT2D eigenvalue weighted by molar-refractivity contribution is 8.03. The Morgan fingerprint density at radius 3 is 2.25 bits per heavy atom. The van der Waals surface area contributed by atoms with E-state index in [1.54, 1.807) is 0 Å². The molecule has 3 rings (SSSR count). The minimum atomic E-state index is -0.593. The zero-order valence-corrected chi connectivity index (χ0v) is 14.5. The van der Waals surface area contributed by atoms with Gasteiger partial charge in [-0.25, -0.2) is 4.79 Å². The highest BCUT2D eigenvalue weighted by Gasteiger charge is 2.41. The molecule has 2 heterocycles. The van der Waals surface area contributed by atoms with Gasteiger partial charge >= 0.3 is 6.03 Å². The largest absolute Gasteiger partial charge is 0.361 e. The molecule has 0 radical (unpaired) electrons. The number of likely N-dealkylation sites (N-methyl/N-ethyl adjacent to an activating group) is 2. The second-order valence-corrected chi connectivity index (χ2v) is 6.88. The highest BCUT2D eigenvalue weighted by atomic mass is 32.2. The van der Waals surface area contributed by atoms with Gasteiger partial charge in [0.25, 0.3) is 11.8 Å². The molecule has 2 saturated heterocycles. The van der Waals surface area contributed by atoms with Gasteiger partial charge in [-0.2, -0.15) is 0 Å². The maximum Gasteiger partial charge on any atom is 0.333 e. The predicted molar refractivity (Wildman–Crippen MR) is 91.9 cm³/mol. The van der Waals surface area contributed by atoms with Gasteiger partial charge in [0.2, 0.25) is 0 Å². The van der Waals surface area contributed by atoms with E-state index in [-0.39, 0.29) is 5.57 Å². The molecular formula is C17H19N3O3S. The molecule has 0 unspecified atom stereocenters. The molecule has 0 bridgehead atoms. The van der Waals surface area contributed by atoms with Crippen molar-refractivity contribution in [1.82, 2.24) is 14.7 Å². The van der Waals surface area contributed by atoms with Crippen molar-refractivity contribution >= 4 is 29.6 Å². The summed E-state index contributed by atoms with van der Waals surface area (Å²) in [5.41, 5.74) is 1.21. The Morgan fingerprint density at radius 1 is 1.00 bits per heavy atom. The lowest BCUT2D eigenvalue weighted by atomic mass is 10.1. The number of imide groups is 2. The van der Waals surface area contributed by atoms with Crippen LogP contribution < -0.4 is 0 Å². The van der Waals surface area contributed by atoms with Crippen molar-refractivity contribution < 1.29 is 14.4 Å². The van der Waals surface area contributed by atoms with E-state index < -0.39 is 17.8 Å². The SMILES string of the molecule is CN1C(=O)C(=C2SCCCN2Cc2ccccc2)C(=O)N(C)C1=O. The maximum atomic E-state index is 12.5. The van der Waals surface area contributed by atoms with E-state index in [2.05, 4.69) is 4.90 Å². The first-order valence-corrected chi connectivity index (χ1v) is 8.75. The first-order valence-electron chi connectivity index (χ1n) is 7.76. The molecule has 0 saturated carbocycles. The summed E-state index contributed by atoms with van der Waals surface area (Å²) in [6.45, 7) is 1.41. The molecule has 0 N–H and O–H groups in total. The van der Waals surface area contributed by atoms with Crippen LogP contribution in [0.5, 0.6) is 0 Å². The summed E-state index contributed by atoms with van der Waals surface area (Å²) in [6.07, 6.45) is 0.987. The van der Waals surface area contributed by atoms with Gasteiger partial charge in [-0.15, -0.1) is 11.8 Å². The number of hydrogen-bond donors (Lipinski definition) is 0. The third-order valence-electron chi connectivity index (χ3n) is 4.14. The van der Waals surface area contributed by atoms with E-state index in [4.69, 9.17) is 0 Å². The number of barbiturate groups is 1. The third kappa shape index (κ3) is 2.91. The summed E-state index contributed by atoms with van der Waals surface area (Å²) in [6, 6.07) is 9.34. The van der Waals surface area contributed by atoms with Crippen molar-refractivity contribution in [2.45, 2.75) is 13.0 Å². The molecule has 2 aliphatic heterocycles. The van der Waals surface area contributed by atoms with Crippen molar-refractivity contribution in [3.63, 3.8) is 0 Å². The topological polar surface area (TPSA) is 60.9 Å². The fourth-order valence-electron chi connectivity index (χ4n) is 2.81. The molecule has 6 nitrogen and oxygen atoms in total. The highest BCUT2D eigenvalue weighted by Crippen LogP contribution is 2.33. The van der Waals surface area contributed by atoms with E-state index in [0.29, 0.717) is 11.6 Å². The molecule has 0 spiro atoms. The zero-order valence-electron chi connectivity index (χ0n) is 13.7. The molecule has 0 aromatic heterocycles. The minimum absolute atomic E-state index is 0.0974. The number of carbonyl (C=O) groups is 3. The van der Waals surface area contributed by atoms with Crippen LogP contribution in [0.15, 0.2) is 40.9 Å². The summed E-state index contributed by atoms with van der Waals surface area (Å²) >= 11 is 1.51. The van der Waals surface area contributed by atoms with Crippen LogP contribution >= 0.6 is 11.8 Å². The first-order chi connectivity index (χ1) is 11.5. The standard InChI is InChI=1S/C17H19N3O3S/c1-18-14(21)13(15(22)19(2)17(18)23)16-20(9-6-10-24-16)11-12-7-4-3-5-8-12/h3-5,7-8H,6,9-11H2,1-2H3. The lowest BCUT2D eigenvalue weighted by molar-refractivity contribution is -0.134. The first kappa shape index (κ1) is 16.6. The lowest BCUT2D eigenvalue weighted by Crippen LogP contribution is -2.54. The zero-order chi connectivity index (χ0) is 17.3. The molecule has 2 fully saturated rings. The normalized spacial score (nSPS) is 19.4. The van der Waals surface area contributed by atoms with E-state index in [1.807, 2.05) is 30.3 Å². The van der Waals surface area contributed by atoms with Gasteiger partial charge in [0, 0.05) is 32.9 Å². The van der Waals surface area contributed by atoms with Gasteiger partial charge in [-0.1, -0.05) is 30.3 Å². The van der Waals surface area contributed by atoms with E-state index in [0.717, 1.165) is 34.1 Å². The van der Waals surface area contributed by atoms with Crippen LogP contribution in [0.25, 0.3) is 0 Å². The fraction of sp³-hybridized carbons (Fsp3) is 0.353. The van der Waals surface area contributed by atoms with Gasteiger partial charge in [0.05, 0.1) is 5.03 Å². The maximum absolute atomic E-state index is 12.5. The molecular weight excluding hydrogens is 326 g/mol. The second kappa shape index (κ2) is 6.68. The van der Waals surface area contributed by atoms with Crippen LogP contribution in [-0.4, -0.2) is 58.9 Å². The second-order valence-electron chi connectivity index (χ2n) is 5.80. The Kier molecular flexibility index (Phi) is 4.62. The molecule has 7 heteroatoms. The van der Waals surface area contributed by atoms with Crippen LogP contribution in [0.2, 0.25) is 0 Å². The van der Waals surface area contributed by atoms with Crippen molar-refractivity contribution in [3.8, 4) is 0 Å². The summed E-state index contributed by atoms with van der Waals surface area (Å²) in [5.74, 6) is -0.192. The minimum Gasteiger partial charge on any atom is -0.361 e. The molecule has 1 aromatic carbocycles. The Hall–Kier alpha value is -2.28. The quantitative estimate of drug-likeness (QED) is 0.605. The molecule has 0 aliphatic carbocycles. The van der Waals surface area contributed by atoms with E-state index in [1.165, 1.54) is 25.9 Å². The summed E-state index contributed by atoms with van der Waals surface area (Å²) in [4.78, 5) is 41.1. The molecule has 4 amide bonds. The van der Waals surface area contributed by atoms with Gasteiger partial charge in [0.15, 0.2) is 0 Å². The Labute approximate surface area is 145 Å². The molecule has 24 heavy (non-hydrogen) atoms. The lowest BCUT2D eigenvalue weighted by Gasteiger charge is -2.36. The number of thioether (sulfide) groups is 1. The number of benzene rings is 1. The Balaban J connectivity index is 1.98. The van der Waals surface area contributed by atoms with Gasteiger partial charge in [0.1, 0.15) is 5.57 Å². The van der Waals surface area contributed by atoms with Crippen molar-refractivity contribution in [1.29, 1.82) is 0 Å². The predicted octanol–water partition coefficient (Wildman–Crippen LogP) is 1.89. The third-order valence-corrected chi connectivity index (χ3v) is 5.37. The van der Waals surface area contributed by atoms with Crippen molar-refractivity contribution in [2.24, 2.45) is 0 Å². The van der Waals surface area contributed by atoms with Gasteiger partial charge < -0.3 is 4.90 Å². The number of nitrogens with zero attached hydrogens (tertiary/aromatic N) is 3. The summed E-state index contributed by atoms with van der Waals surface area (Å²) in [7, 11) is 2.81. The van der Waals surface area contributed by atoms with Crippen LogP contribution in [0.1, 0.15) is 12.0 Å². The monoisotopic (exact) mass is 345 g/mol. The van der Waals surface area contributed by atoms with Gasteiger partial charge in [-0.3, -0.25) is 19.4 Å². The number of amides is 4. The average Bonchev–Trinajstić information content (AvgIpc) is 2.61. The summed E-state index contributed by atoms with van der Waals surface area (Å²) < 4.78 is 0. The van der Waals surface area contributed by atoms with Crippen LogP contribution in [0.4, 0.5) is 4.79 Å². The van der Waals surface area contributed by atoms with Crippen LogP contribution in [0.3, 0.4) is 0 Å². The average molecular weight is 345 g/mol. The number of hydrogen-bond acceptors (Lipinski definition) is 5. The van der Waals surface area contributed by atoms with Crippen molar-refractivity contribution in [3.05, 3.63) is 46.5 Å². The summed E-state index contributed by atoms with van der Waals surface area (Å²) in [5, 5.41) is 0.673. The molecule has 0 atom stereocenters. The van der Waals surface area contributed by atoms with E-state index in [9.17, 15) is 14.4 Å². The number of rotatable bonds is 2. The Morgan fingerprint density at radius 2 is 1.62 bits per heavy atom. The number of carbonyl (C=O) groups excluding carboxylic acids is 3. The Bertz CT molecular complexity index is 691. The van der Waals surface area contributed by atoms with E-state index >= 15 is 0 Å². The van der Waals surface area contributed by atoms with Crippen LogP contribution in [0, 0.1) is 0 Å². The fourth-order valence-corrected chi connectivity index (χ4v) is 3.93. The smallest absolute Gasteiger partial charge is 0.333 e. The molecule has 126 valence electrons. The van der Waals surface area contributed by atoms with Crippen molar-refractivity contribution in [2.75, 3.05) is 26.4 Å². The molecule has 2 aliphatic rings. The van der Waals surface area contributed by atoms with Crippen LogP contribution in [-0.2, 0) is 16.1 Å².